The number of esters is 1. The molecule has 0 spiro atoms. The van der Waals surface area contributed by atoms with E-state index in [-0.39, 0.29) is 19.4 Å². The highest BCUT2D eigenvalue weighted by molar-refractivity contribution is 5.79. The van der Waals surface area contributed by atoms with Crippen LogP contribution in [0.3, 0.4) is 0 Å². The Morgan fingerprint density at radius 2 is 2.10 bits per heavy atom. The van der Waals surface area contributed by atoms with E-state index in [4.69, 9.17) is 15.6 Å². The maximum absolute atomic E-state index is 11.6. The molecule has 1 saturated heterocycles. The fraction of sp³-hybridized carbons (Fsp3) is 0.818. The normalized spacial score (nSPS) is 27.5. The first-order chi connectivity index (χ1) is 9.36. The van der Waals surface area contributed by atoms with Crippen molar-refractivity contribution in [2.45, 2.75) is 43.3 Å². The topological polar surface area (TPSA) is 162 Å². The molecule has 1 fully saturated rings. The maximum Gasteiger partial charge on any atom is 0.323 e. The predicted molar refractivity (Wildman–Crippen MR) is 65.2 cm³/mol. The molecule has 1 aliphatic heterocycles. The molecule has 0 aromatic rings. The molecule has 0 aromatic heterocycles. The van der Waals surface area contributed by atoms with E-state index in [9.17, 15) is 24.9 Å². The van der Waals surface area contributed by atoms with Gasteiger partial charge < -0.3 is 36.2 Å². The number of nitrogens with one attached hydrogen (secondary N) is 1. The van der Waals surface area contributed by atoms with Crippen LogP contribution in [0.5, 0.6) is 0 Å². The minimum atomic E-state index is -1.64. The molecule has 0 aliphatic carbocycles. The number of ether oxygens (including phenoxy) is 1. The van der Waals surface area contributed by atoms with E-state index in [1.165, 1.54) is 0 Å². The van der Waals surface area contributed by atoms with E-state index >= 15 is 0 Å². The Hall–Kier alpha value is -1.26. The molecule has 3 unspecified atom stereocenters. The second-order valence-electron chi connectivity index (χ2n) is 4.67. The molecular formula is C11H20N2O7. The van der Waals surface area contributed by atoms with Crippen molar-refractivity contribution in [3.63, 3.8) is 0 Å². The third-order valence-electron chi connectivity index (χ3n) is 3.11. The van der Waals surface area contributed by atoms with E-state index < -0.39 is 48.9 Å². The fourth-order valence-corrected chi connectivity index (χ4v) is 1.87. The van der Waals surface area contributed by atoms with Gasteiger partial charge in [-0.05, 0) is 6.42 Å². The van der Waals surface area contributed by atoms with Gasteiger partial charge in [-0.3, -0.25) is 9.59 Å². The van der Waals surface area contributed by atoms with Gasteiger partial charge in [0.05, 0.1) is 6.61 Å². The van der Waals surface area contributed by atoms with Gasteiger partial charge in [0.15, 0.2) is 0 Å². The molecule has 20 heavy (non-hydrogen) atoms. The Labute approximate surface area is 115 Å². The van der Waals surface area contributed by atoms with Gasteiger partial charge in [0.1, 0.15) is 30.5 Å². The van der Waals surface area contributed by atoms with Gasteiger partial charge in [0.2, 0.25) is 5.91 Å². The van der Waals surface area contributed by atoms with Crippen LogP contribution in [0.1, 0.15) is 12.8 Å². The number of cyclic esters (lactones) is 1. The number of rotatable bonds is 7. The third kappa shape index (κ3) is 4.39. The summed E-state index contributed by atoms with van der Waals surface area (Å²) in [5, 5.41) is 39.9. The quantitative estimate of drug-likeness (QED) is 0.260. The molecule has 116 valence electrons. The van der Waals surface area contributed by atoms with E-state index in [1.54, 1.807) is 0 Å². The second-order valence-corrected chi connectivity index (χ2v) is 4.67. The summed E-state index contributed by atoms with van der Waals surface area (Å²) in [4.78, 5) is 22.3. The van der Waals surface area contributed by atoms with Crippen molar-refractivity contribution in [3.8, 4) is 0 Å². The summed E-state index contributed by atoms with van der Waals surface area (Å²) in [6.45, 7) is -0.681. The van der Waals surface area contributed by atoms with Crippen molar-refractivity contribution in [2.24, 2.45) is 5.73 Å². The average Bonchev–Trinajstić information content (AvgIpc) is 2.43. The van der Waals surface area contributed by atoms with Crippen LogP contribution in [0.15, 0.2) is 0 Å². The Morgan fingerprint density at radius 1 is 1.45 bits per heavy atom. The molecule has 1 aliphatic rings. The van der Waals surface area contributed by atoms with Crippen LogP contribution in [0.4, 0.5) is 0 Å². The number of nitrogens with two attached hydrogens (primary N) is 1. The lowest BCUT2D eigenvalue weighted by molar-refractivity contribution is -0.175. The van der Waals surface area contributed by atoms with E-state index in [2.05, 4.69) is 5.32 Å². The summed E-state index contributed by atoms with van der Waals surface area (Å²) in [6, 6.07) is -0.703. The van der Waals surface area contributed by atoms with Crippen molar-refractivity contribution in [2.75, 3.05) is 13.2 Å². The van der Waals surface area contributed by atoms with Crippen molar-refractivity contribution < 1.29 is 34.8 Å². The summed E-state index contributed by atoms with van der Waals surface area (Å²) in [6.07, 6.45) is -5.56. The summed E-state index contributed by atoms with van der Waals surface area (Å²) in [5.74, 6) is -1.21. The average molecular weight is 292 g/mol. The van der Waals surface area contributed by atoms with Gasteiger partial charge in [-0.2, -0.15) is 0 Å². The second kappa shape index (κ2) is 7.50. The Bertz CT molecular complexity index is 352. The number of primary amides is 1. The minimum Gasteiger partial charge on any atom is -0.457 e. The monoisotopic (exact) mass is 292 g/mol. The van der Waals surface area contributed by atoms with Gasteiger partial charge in [-0.25, -0.2) is 0 Å². The largest absolute Gasteiger partial charge is 0.457 e. The van der Waals surface area contributed by atoms with Gasteiger partial charge in [0.25, 0.3) is 0 Å². The van der Waals surface area contributed by atoms with Crippen molar-refractivity contribution in [1.29, 1.82) is 0 Å². The molecule has 9 nitrogen and oxygen atoms in total. The lowest BCUT2D eigenvalue weighted by Gasteiger charge is -2.34. The van der Waals surface area contributed by atoms with Crippen LogP contribution >= 0.6 is 0 Å². The molecule has 5 atom stereocenters. The SMILES string of the molecule is NC(=O)CC[C@@H]1NC[C@H](C(O)C(O)C(O)CO)OC1=O. The summed E-state index contributed by atoms with van der Waals surface area (Å²) >= 11 is 0. The highest BCUT2D eigenvalue weighted by Crippen LogP contribution is 2.14. The van der Waals surface area contributed by atoms with Crippen LogP contribution in [0.25, 0.3) is 0 Å². The first-order valence-electron chi connectivity index (χ1n) is 6.24. The van der Waals surface area contributed by atoms with Crippen LogP contribution in [0, 0.1) is 0 Å². The number of hydrogen-bond donors (Lipinski definition) is 6. The standard InChI is InChI=1S/C11H20N2O7/c12-8(16)2-1-5-11(19)20-7(3-13-5)10(18)9(17)6(15)4-14/h5-7,9-10,13-15,17-18H,1-4H2,(H2,12,16)/t5-,6?,7+,9?,10?/m0/s1. The van der Waals surface area contributed by atoms with Gasteiger partial charge in [0, 0.05) is 13.0 Å². The molecule has 0 aromatic carbocycles. The number of hydrogen-bond acceptors (Lipinski definition) is 8. The summed E-state index contributed by atoms with van der Waals surface area (Å²) < 4.78 is 4.95. The number of morpholine rings is 1. The predicted octanol–water partition coefficient (Wildman–Crippen LogP) is -3.79. The number of aliphatic hydroxyl groups excluding tert-OH is 4. The number of carbonyl (C=O) groups is 2. The van der Waals surface area contributed by atoms with E-state index in [0.29, 0.717) is 0 Å². The number of carbonyl (C=O) groups excluding carboxylic acids is 2. The fourth-order valence-electron chi connectivity index (χ4n) is 1.87. The molecule has 9 heteroatoms. The highest BCUT2D eigenvalue weighted by Gasteiger charge is 2.38. The molecule has 1 heterocycles. The summed E-state index contributed by atoms with van der Waals surface area (Å²) in [7, 11) is 0. The maximum atomic E-state index is 11.6. The van der Waals surface area contributed by atoms with Gasteiger partial charge in [-0.1, -0.05) is 0 Å². The van der Waals surface area contributed by atoms with Crippen LogP contribution < -0.4 is 11.1 Å². The van der Waals surface area contributed by atoms with Crippen LogP contribution in [0.2, 0.25) is 0 Å². The Kier molecular flexibility index (Phi) is 6.30. The molecule has 7 N–H and O–H groups in total. The van der Waals surface area contributed by atoms with E-state index in [1.807, 2.05) is 0 Å². The van der Waals surface area contributed by atoms with Crippen molar-refractivity contribution in [3.05, 3.63) is 0 Å². The van der Waals surface area contributed by atoms with Crippen molar-refractivity contribution in [1.82, 2.24) is 5.32 Å². The van der Waals surface area contributed by atoms with Gasteiger partial charge in [-0.15, -0.1) is 0 Å². The molecule has 0 bridgehead atoms. The van der Waals surface area contributed by atoms with Crippen molar-refractivity contribution >= 4 is 11.9 Å². The third-order valence-corrected chi connectivity index (χ3v) is 3.11. The lowest BCUT2D eigenvalue weighted by Crippen LogP contribution is -2.57. The zero-order chi connectivity index (χ0) is 15.3. The Balaban J connectivity index is 2.50. The smallest absolute Gasteiger partial charge is 0.323 e. The highest BCUT2D eigenvalue weighted by atomic mass is 16.6. The minimum absolute atomic E-state index is 0.0197. The molecule has 1 amide bonds. The first kappa shape index (κ1) is 16.8. The molecule has 0 saturated carbocycles. The lowest BCUT2D eigenvalue weighted by atomic mass is 10.0. The number of aliphatic hydroxyl groups is 4. The molecule has 0 radical (unpaired) electrons. The zero-order valence-electron chi connectivity index (χ0n) is 10.8. The summed E-state index contributed by atoms with van der Waals surface area (Å²) in [5.41, 5.74) is 4.98. The van der Waals surface area contributed by atoms with E-state index in [0.717, 1.165) is 0 Å². The number of amides is 1. The van der Waals surface area contributed by atoms with Crippen LogP contribution in [-0.4, -0.2) is 75.9 Å². The molecular weight excluding hydrogens is 272 g/mol. The van der Waals surface area contributed by atoms with Crippen LogP contribution in [-0.2, 0) is 14.3 Å². The van der Waals surface area contributed by atoms with Gasteiger partial charge >= 0.3 is 5.97 Å². The zero-order valence-corrected chi connectivity index (χ0v) is 10.8. The molecule has 1 rings (SSSR count). The first-order valence-corrected chi connectivity index (χ1v) is 6.24. The Morgan fingerprint density at radius 3 is 2.60 bits per heavy atom.